The lowest BCUT2D eigenvalue weighted by Crippen LogP contribution is -2.61. The van der Waals surface area contributed by atoms with Gasteiger partial charge in [-0.2, -0.15) is 0 Å². The van der Waals surface area contributed by atoms with Crippen molar-refractivity contribution < 1.29 is 29.3 Å². The van der Waals surface area contributed by atoms with Gasteiger partial charge in [-0.05, 0) is 112 Å². The van der Waals surface area contributed by atoms with Crippen LogP contribution in [-0.2, 0) is 14.3 Å². The molecule has 4 aliphatic carbocycles. The molecule has 6 rings (SSSR count). The van der Waals surface area contributed by atoms with E-state index in [0.717, 1.165) is 21.8 Å². The van der Waals surface area contributed by atoms with Gasteiger partial charge >= 0.3 is 11.9 Å². The van der Waals surface area contributed by atoms with Crippen LogP contribution in [0.5, 0.6) is 0 Å². The van der Waals surface area contributed by atoms with E-state index in [1.807, 2.05) is 51.3 Å². The molecule has 0 radical (unpaired) electrons. The van der Waals surface area contributed by atoms with Gasteiger partial charge in [-0.1, -0.05) is 37.2 Å². The molecule has 0 spiro atoms. The van der Waals surface area contributed by atoms with Crippen LogP contribution in [0.4, 0.5) is 0 Å². The first kappa shape index (κ1) is 30.1. The number of aliphatic hydroxyl groups is 1. The van der Waals surface area contributed by atoms with Crippen molar-refractivity contribution in [3.05, 3.63) is 77.6 Å². The fourth-order valence-electron chi connectivity index (χ4n) is 9.00. The minimum absolute atomic E-state index is 0.00773. The normalized spacial score (nSPS) is 34.7. The summed E-state index contributed by atoms with van der Waals surface area (Å²) in [6.07, 6.45) is 8.46. The number of carbonyl (C=O) groups excluding carboxylic acids is 2. The minimum atomic E-state index is -1.67. The smallest absolute Gasteiger partial charge is 0.349 e. The van der Waals surface area contributed by atoms with E-state index in [1.54, 1.807) is 41.7 Å². The first-order valence-corrected chi connectivity index (χ1v) is 17.0. The summed E-state index contributed by atoms with van der Waals surface area (Å²) >= 11 is 3.29. The number of aliphatic carboxylic acids is 1. The Hall–Kier alpha value is -2.97. The highest BCUT2D eigenvalue weighted by molar-refractivity contribution is 7.99. The van der Waals surface area contributed by atoms with Gasteiger partial charge in [0.2, 0.25) is 5.60 Å². The zero-order chi connectivity index (χ0) is 30.7. The average molecular weight is 619 g/mol. The number of carbonyl (C=O) groups is 3. The lowest BCUT2D eigenvalue weighted by atomic mass is 9.46. The van der Waals surface area contributed by atoms with Crippen LogP contribution in [-0.4, -0.2) is 39.8 Å². The number of carboxylic acids is 1. The molecule has 0 bridgehead atoms. The fourth-order valence-corrected chi connectivity index (χ4v) is 10.4. The summed E-state index contributed by atoms with van der Waals surface area (Å²) in [6.45, 7) is 5.88. The monoisotopic (exact) mass is 618 g/mol. The first-order valence-electron chi connectivity index (χ1n) is 15.0. The van der Waals surface area contributed by atoms with Crippen molar-refractivity contribution >= 4 is 41.2 Å². The summed E-state index contributed by atoms with van der Waals surface area (Å²) in [7, 11) is 0. The molecular formula is C35H38O6S2. The van der Waals surface area contributed by atoms with Gasteiger partial charge in [0.1, 0.15) is 5.76 Å². The van der Waals surface area contributed by atoms with Gasteiger partial charge < -0.3 is 14.9 Å². The van der Waals surface area contributed by atoms with E-state index in [2.05, 4.69) is 12.1 Å². The van der Waals surface area contributed by atoms with Crippen molar-refractivity contribution in [2.24, 2.45) is 34.5 Å². The number of thioether (sulfide) groups is 1. The van der Waals surface area contributed by atoms with Crippen LogP contribution in [0.2, 0.25) is 0 Å². The second-order valence-electron chi connectivity index (χ2n) is 13.0. The van der Waals surface area contributed by atoms with Gasteiger partial charge in [-0.15, -0.1) is 11.8 Å². The van der Waals surface area contributed by atoms with Crippen LogP contribution in [0.25, 0.3) is 0 Å². The number of allylic oxidation sites excluding steroid dienone is 3. The molecule has 43 heavy (non-hydrogen) atoms. The largest absolute Gasteiger partial charge is 0.508 e. The molecule has 226 valence electrons. The molecule has 2 N–H and O–H groups in total. The predicted octanol–water partition coefficient (Wildman–Crippen LogP) is 7.98. The molecule has 2 aromatic rings. The van der Waals surface area contributed by atoms with Gasteiger partial charge in [0.05, 0.1) is 11.0 Å². The average Bonchev–Trinajstić information content (AvgIpc) is 3.21. The van der Waals surface area contributed by atoms with Gasteiger partial charge in [0.25, 0.3) is 0 Å². The second-order valence-corrected chi connectivity index (χ2v) is 15.1. The Morgan fingerprint density at radius 1 is 0.977 bits per heavy atom. The number of hydrogen-bond donors (Lipinski definition) is 2. The highest BCUT2D eigenvalue weighted by atomic mass is 32.2. The number of fused-ring (bicyclic) bond motifs is 5. The first-order chi connectivity index (χ1) is 20.4. The molecule has 0 heterocycles. The Morgan fingerprint density at radius 2 is 1.70 bits per heavy atom. The van der Waals surface area contributed by atoms with Crippen molar-refractivity contribution in [1.82, 2.24) is 0 Å². The molecule has 2 unspecified atom stereocenters. The van der Waals surface area contributed by atoms with Gasteiger partial charge in [0, 0.05) is 32.1 Å². The van der Waals surface area contributed by atoms with Gasteiger partial charge in [-0.25, -0.2) is 9.59 Å². The summed E-state index contributed by atoms with van der Waals surface area (Å²) in [5, 5.41) is 20.9. The lowest BCUT2D eigenvalue weighted by Gasteiger charge is -2.57. The summed E-state index contributed by atoms with van der Waals surface area (Å²) in [4.78, 5) is 43.4. The summed E-state index contributed by atoms with van der Waals surface area (Å²) in [6, 6.07) is 15.4. The van der Waals surface area contributed by atoms with Crippen LogP contribution in [0.1, 0.15) is 63.2 Å². The second kappa shape index (κ2) is 10.9. The SMILES string of the molecule is CSc1cccc(Sc2ccc(C(=O)OC3(C(=O)O)C(C)C[C@H]4[C@@H]5CCC6=CC(O)=CC(=O)[C@]6(C)[C@H]5CC[C@@]43C)cc2)c1. The molecule has 0 amide bonds. The molecule has 2 aromatic carbocycles. The zero-order valence-electron chi connectivity index (χ0n) is 25.0. The van der Waals surface area contributed by atoms with Crippen LogP contribution in [0, 0.1) is 34.5 Å². The molecule has 0 saturated heterocycles. The summed E-state index contributed by atoms with van der Waals surface area (Å²) in [5.74, 6) is -1.99. The number of aliphatic hydroxyl groups excluding tert-OH is 1. The van der Waals surface area contributed by atoms with Crippen LogP contribution < -0.4 is 0 Å². The predicted molar refractivity (Wildman–Crippen MR) is 167 cm³/mol. The number of esters is 1. The molecule has 8 heteroatoms. The van der Waals surface area contributed by atoms with Crippen molar-refractivity contribution in [3.8, 4) is 0 Å². The maximum Gasteiger partial charge on any atom is 0.349 e. The van der Waals surface area contributed by atoms with Crippen molar-refractivity contribution in [3.63, 3.8) is 0 Å². The molecule has 3 saturated carbocycles. The quantitative estimate of drug-likeness (QED) is 0.248. The van der Waals surface area contributed by atoms with E-state index in [1.165, 1.54) is 11.0 Å². The minimum Gasteiger partial charge on any atom is -0.508 e. The highest BCUT2D eigenvalue weighted by Crippen LogP contribution is 2.69. The third kappa shape index (κ3) is 4.59. The Bertz CT molecular complexity index is 1550. The van der Waals surface area contributed by atoms with Crippen molar-refractivity contribution in [2.45, 2.75) is 73.2 Å². The molecule has 7 atom stereocenters. The van der Waals surface area contributed by atoms with E-state index in [0.29, 0.717) is 31.2 Å². The van der Waals surface area contributed by atoms with Gasteiger partial charge in [-0.3, -0.25) is 4.79 Å². The maximum absolute atomic E-state index is 13.6. The molecule has 4 aliphatic rings. The number of carboxylic acid groups (broad SMARTS) is 1. The number of rotatable bonds is 6. The Labute approximate surface area is 261 Å². The maximum atomic E-state index is 13.6. The van der Waals surface area contributed by atoms with E-state index >= 15 is 0 Å². The summed E-state index contributed by atoms with van der Waals surface area (Å²) < 4.78 is 6.20. The standard InChI is InChI=1S/C35H38O6S2/c1-20-16-29-27-13-10-22-17-23(36)18-30(37)34(22,3)28(27)14-15-33(29,2)35(20,32(39)40)41-31(38)21-8-11-24(12-9-21)43-26-7-5-6-25(19-26)42-4/h5-9,11-12,17-20,27-29,36H,10,13-16H2,1-4H3,(H,39,40)/t20?,27-,28+,29+,33+,34+,35?/m1/s1. The van der Waals surface area contributed by atoms with E-state index in [4.69, 9.17) is 4.74 Å². The molecule has 0 aromatic heterocycles. The third-order valence-electron chi connectivity index (χ3n) is 11.2. The van der Waals surface area contributed by atoms with E-state index < -0.39 is 34.3 Å². The number of hydrogen-bond acceptors (Lipinski definition) is 7. The van der Waals surface area contributed by atoms with Crippen molar-refractivity contribution in [2.75, 3.05) is 6.26 Å². The molecule has 0 aliphatic heterocycles. The van der Waals surface area contributed by atoms with Crippen LogP contribution in [0.15, 0.2) is 86.7 Å². The van der Waals surface area contributed by atoms with Crippen molar-refractivity contribution in [1.29, 1.82) is 0 Å². The molecule has 6 nitrogen and oxygen atoms in total. The Kier molecular flexibility index (Phi) is 7.61. The Morgan fingerprint density at radius 3 is 2.40 bits per heavy atom. The third-order valence-corrected chi connectivity index (χ3v) is 12.9. The lowest BCUT2D eigenvalue weighted by molar-refractivity contribution is -0.188. The highest BCUT2D eigenvalue weighted by Gasteiger charge is 2.72. The van der Waals surface area contributed by atoms with E-state index in [-0.39, 0.29) is 29.3 Å². The van der Waals surface area contributed by atoms with Crippen LogP contribution >= 0.6 is 23.5 Å². The number of ketones is 1. The van der Waals surface area contributed by atoms with Crippen LogP contribution in [0.3, 0.4) is 0 Å². The number of benzene rings is 2. The van der Waals surface area contributed by atoms with E-state index in [9.17, 15) is 24.6 Å². The number of ether oxygens (including phenoxy) is 1. The molecular weight excluding hydrogens is 581 g/mol. The Balaban J connectivity index is 1.25. The summed E-state index contributed by atoms with van der Waals surface area (Å²) in [5.41, 5.74) is -1.84. The molecule has 3 fully saturated rings. The van der Waals surface area contributed by atoms with Gasteiger partial charge in [0.15, 0.2) is 5.78 Å². The fraction of sp³-hybridized carbons (Fsp3) is 0.457. The zero-order valence-corrected chi connectivity index (χ0v) is 26.6. The topological polar surface area (TPSA) is 101 Å².